The minimum absolute atomic E-state index is 0.0852. The van der Waals surface area contributed by atoms with Crippen LogP contribution < -0.4 is 5.73 Å². The van der Waals surface area contributed by atoms with E-state index in [0.717, 1.165) is 25.7 Å². The smallest absolute Gasteiger partial charge is 0.181 e. The minimum atomic E-state index is -3.06. The van der Waals surface area contributed by atoms with Gasteiger partial charge in [0.05, 0.1) is 10.1 Å². The molecule has 0 unspecified atom stereocenters. The van der Waals surface area contributed by atoms with Crippen LogP contribution in [0.4, 0.5) is 0 Å². The van der Waals surface area contributed by atoms with Crippen LogP contribution >= 0.6 is 0 Å². The van der Waals surface area contributed by atoms with Gasteiger partial charge in [0.15, 0.2) is 9.84 Å². The molecule has 0 saturated heterocycles. The molecule has 1 aromatic rings. The van der Waals surface area contributed by atoms with Gasteiger partial charge >= 0.3 is 0 Å². The van der Waals surface area contributed by atoms with Gasteiger partial charge < -0.3 is 5.73 Å². The fraction of sp³-hybridized carbons (Fsp3) is 0.600. The quantitative estimate of drug-likeness (QED) is 0.920. The average Bonchev–Trinajstić information content (AvgIpc) is 3.18. The molecular weight excluding hydrogens is 258 g/mol. The Labute approximate surface area is 115 Å². The van der Waals surface area contributed by atoms with Crippen LogP contribution in [0.5, 0.6) is 0 Å². The van der Waals surface area contributed by atoms with Crippen molar-refractivity contribution in [3.05, 3.63) is 29.8 Å². The molecule has 1 aromatic carbocycles. The zero-order valence-corrected chi connectivity index (χ0v) is 12.0. The van der Waals surface area contributed by atoms with Crippen LogP contribution in [0.2, 0.25) is 0 Å². The average molecular weight is 279 g/mol. The second-order valence-corrected chi connectivity index (χ2v) is 8.19. The van der Waals surface area contributed by atoms with Crippen molar-refractivity contribution in [1.29, 1.82) is 0 Å². The normalized spacial score (nSPS) is 22.6. The molecule has 19 heavy (non-hydrogen) atoms. The Morgan fingerprint density at radius 2 is 1.68 bits per heavy atom. The number of nitrogens with two attached hydrogens (primary N) is 1. The lowest BCUT2D eigenvalue weighted by Gasteiger charge is -2.28. The summed E-state index contributed by atoms with van der Waals surface area (Å²) in [6, 6.07) is 7.51. The Morgan fingerprint density at radius 1 is 1.11 bits per heavy atom. The monoisotopic (exact) mass is 279 g/mol. The van der Waals surface area contributed by atoms with Crippen molar-refractivity contribution in [2.45, 2.75) is 54.1 Å². The van der Waals surface area contributed by atoms with Crippen molar-refractivity contribution in [1.82, 2.24) is 0 Å². The first-order chi connectivity index (χ1) is 9.08. The van der Waals surface area contributed by atoms with E-state index in [1.807, 2.05) is 12.1 Å². The van der Waals surface area contributed by atoms with Crippen molar-refractivity contribution in [3.63, 3.8) is 0 Å². The molecule has 4 heteroatoms. The van der Waals surface area contributed by atoms with E-state index in [2.05, 4.69) is 0 Å². The molecule has 0 aliphatic heterocycles. The highest BCUT2D eigenvalue weighted by molar-refractivity contribution is 7.92. The van der Waals surface area contributed by atoms with Crippen molar-refractivity contribution in [3.8, 4) is 0 Å². The topological polar surface area (TPSA) is 60.2 Å². The molecule has 0 amide bonds. The van der Waals surface area contributed by atoms with Crippen LogP contribution in [-0.4, -0.2) is 20.2 Å². The SMILES string of the molecule is NCC1(c2ccc(S(=O)(=O)C3CC3)cc2)CCCC1. The first-order valence-electron chi connectivity index (χ1n) is 7.13. The predicted octanol–water partition coefficient (Wildman–Crippen LogP) is 2.39. The largest absolute Gasteiger partial charge is 0.330 e. The summed E-state index contributed by atoms with van der Waals surface area (Å²) < 4.78 is 24.3. The zero-order chi connectivity index (χ0) is 13.5. The third-order valence-corrected chi connectivity index (χ3v) is 6.99. The Balaban J connectivity index is 1.90. The maximum atomic E-state index is 12.2. The van der Waals surface area contributed by atoms with E-state index < -0.39 is 9.84 Å². The highest BCUT2D eigenvalue weighted by Gasteiger charge is 2.38. The number of hydrogen-bond acceptors (Lipinski definition) is 3. The fourth-order valence-corrected chi connectivity index (χ4v) is 4.89. The highest BCUT2D eigenvalue weighted by Crippen LogP contribution is 2.41. The third kappa shape index (κ3) is 2.21. The van der Waals surface area contributed by atoms with Crippen molar-refractivity contribution in [2.24, 2.45) is 5.73 Å². The van der Waals surface area contributed by atoms with Crippen LogP contribution in [0.15, 0.2) is 29.2 Å². The van der Waals surface area contributed by atoms with Gasteiger partial charge in [-0.25, -0.2) is 8.42 Å². The van der Waals surface area contributed by atoms with Gasteiger partial charge in [-0.2, -0.15) is 0 Å². The maximum Gasteiger partial charge on any atom is 0.181 e. The summed E-state index contributed by atoms with van der Waals surface area (Å²) in [5.41, 5.74) is 7.26. The molecule has 3 rings (SSSR count). The summed E-state index contributed by atoms with van der Waals surface area (Å²) in [6.07, 6.45) is 6.32. The Bertz CT molecular complexity index is 552. The second kappa shape index (κ2) is 4.60. The number of rotatable bonds is 4. The molecule has 0 radical (unpaired) electrons. The van der Waals surface area contributed by atoms with E-state index in [-0.39, 0.29) is 10.7 Å². The summed E-state index contributed by atoms with van der Waals surface area (Å²) in [6.45, 7) is 0.654. The molecule has 2 N–H and O–H groups in total. The lowest BCUT2D eigenvalue weighted by atomic mass is 9.79. The zero-order valence-electron chi connectivity index (χ0n) is 11.1. The van der Waals surface area contributed by atoms with E-state index in [9.17, 15) is 8.42 Å². The van der Waals surface area contributed by atoms with Gasteiger partial charge in [0.25, 0.3) is 0 Å². The van der Waals surface area contributed by atoms with Crippen LogP contribution in [-0.2, 0) is 15.3 Å². The minimum Gasteiger partial charge on any atom is -0.330 e. The van der Waals surface area contributed by atoms with E-state index in [1.54, 1.807) is 12.1 Å². The molecule has 0 atom stereocenters. The second-order valence-electron chi connectivity index (χ2n) is 5.96. The van der Waals surface area contributed by atoms with Gasteiger partial charge in [0.1, 0.15) is 0 Å². The number of sulfone groups is 1. The molecule has 3 nitrogen and oxygen atoms in total. The van der Waals surface area contributed by atoms with E-state index in [0.29, 0.717) is 11.4 Å². The molecule has 2 aliphatic carbocycles. The fourth-order valence-electron chi connectivity index (χ4n) is 3.23. The predicted molar refractivity (Wildman–Crippen MR) is 75.9 cm³/mol. The molecule has 2 saturated carbocycles. The Kier molecular flexibility index (Phi) is 3.18. The first kappa shape index (κ1) is 13.1. The van der Waals surface area contributed by atoms with Crippen LogP contribution in [0.1, 0.15) is 44.1 Å². The molecule has 0 spiro atoms. The summed E-state index contributed by atoms with van der Waals surface area (Å²) in [5.74, 6) is 0. The number of hydrogen-bond donors (Lipinski definition) is 1. The summed E-state index contributed by atoms with van der Waals surface area (Å²) in [4.78, 5) is 0.476. The number of benzene rings is 1. The van der Waals surface area contributed by atoms with Crippen LogP contribution in [0.3, 0.4) is 0 Å². The van der Waals surface area contributed by atoms with Crippen molar-refractivity contribution in [2.75, 3.05) is 6.54 Å². The van der Waals surface area contributed by atoms with Crippen molar-refractivity contribution >= 4 is 9.84 Å². The van der Waals surface area contributed by atoms with Crippen LogP contribution in [0, 0.1) is 0 Å². The standard InChI is InChI=1S/C15H21NO2S/c16-11-15(9-1-2-10-15)12-3-5-13(6-4-12)19(17,18)14-7-8-14/h3-6,14H,1-2,7-11,16H2. The van der Waals surface area contributed by atoms with E-state index in [4.69, 9.17) is 5.73 Å². The molecule has 104 valence electrons. The molecule has 0 heterocycles. The Hall–Kier alpha value is -0.870. The van der Waals surface area contributed by atoms with Crippen LogP contribution in [0.25, 0.3) is 0 Å². The summed E-state index contributed by atoms with van der Waals surface area (Å²) in [7, 11) is -3.06. The lowest BCUT2D eigenvalue weighted by molar-refractivity contribution is 0.452. The summed E-state index contributed by atoms with van der Waals surface area (Å²) in [5, 5.41) is -0.131. The lowest BCUT2D eigenvalue weighted by Crippen LogP contribution is -2.31. The van der Waals surface area contributed by atoms with Gasteiger partial charge in [-0.15, -0.1) is 0 Å². The molecule has 2 fully saturated rings. The van der Waals surface area contributed by atoms with Gasteiger partial charge in [-0.3, -0.25) is 0 Å². The third-order valence-electron chi connectivity index (χ3n) is 4.71. The molecule has 2 aliphatic rings. The maximum absolute atomic E-state index is 12.2. The van der Waals surface area contributed by atoms with Gasteiger partial charge in [0, 0.05) is 12.0 Å². The molecule has 0 aromatic heterocycles. The van der Waals surface area contributed by atoms with Crippen molar-refractivity contribution < 1.29 is 8.42 Å². The first-order valence-corrected chi connectivity index (χ1v) is 8.68. The van der Waals surface area contributed by atoms with Gasteiger partial charge in [-0.1, -0.05) is 25.0 Å². The van der Waals surface area contributed by atoms with Gasteiger partial charge in [-0.05, 0) is 43.4 Å². The van der Waals surface area contributed by atoms with E-state index in [1.165, 1.54) is 18.4 Å². The summed E-state index contributed by atoms with van der Waals surface area (Å²) >= 11 is 0. The Morgan fingerprint density at radius 3 is 2.16 bits per heavy atom. The van der Waals surface area contributed by atoms with Gasteiger partial charge in [0.2, 0.25) is 0 Å². The molecule has 0 bridgehead atoms. The van der Waals surface area contributed by atoms with E-state index >= 15 is 0 Å². The molecular formula is C15H21NO2S. The highest BCUT2D eigenvalue weighted by atomic mass is 32.2.